The van der Waals surface area contributed by atoms with Crippen molar-refractivity contribution in [2.45, 2.75) is 25.6 Å². The molecule has 1 aliphatic rings. The van der Waals surface area contributed by atoms with Crippen molar-refractivity contribution < 1.29 is 27.4 Å². The van der Waals surface area contributed by atoms with Gasteiger partial charge < -0.3 is 9.47 Å². The van der Waals surface area contributed by atoms with E-state index in [1.165, 1.54) is 31.2 Å². The molecule has 0 unspecified atom stereocenters. The van der Waals surface area contributed by atoms with E-state index in [1.54, 1.807) is 13.0 Å². The Balaban J connectivity index is 2.34. The minimum absolute atomic E-state index is 0.0189. The lowest BCUT2D eigenvalue weighted by Gasteiger charge is -2.50. The molecule has 2 atom stereocenters. The van der Waals surface area contributed by atoms with Gasteiger partial charge in [-0.1, -0.05) is 37.3 Å². The third-order valence-electron chi connectivity index (χ3n) is 3.49. The van der Waals surface area contributed by atoms with Crippen LogP contribution in [-0.4, -0.2) is 18.8 Å². The summed E-state index contributed by atoms with van der Waals surface area (Å²) >= 11 is 0. The van der Waals surface area contributed by atoms with E-state index < -0.39 is 23.7 Å². The fourth-order valence-corrected chi connectivity index (χ4v) is 2.42. The van der Waals surface area contributed by atoms with Crippen molar-refractivity contribution >= 4 is 5.97 Å². The van der Waals surface area contributed by atoms with Gasteiger partial charge in [-0.15, -0.1) is 0 Å². The zero-order valence-electron chi connectivity index (χ0n) is 11.6. The van der Waals surface area contributed by atoms with Crippen LogP contribution in [-0.2, 0) is 19.9 Å². The molecule has 1 aliphatic heterocycles. The first-order valence-corrected chi connectivity index (χ1v) is 6.52. The molecule has 1 heterocycles. The van der Waals surface area contributed by atoms with Crippen LogP contribution in [0.1, 0.15) is 19.4 Å². The fraction of sp³-hybridized carbons (Fsp3) is 0.400. The molecule has 1 aromatic rings. The molecule has 0 radical (unpaired) electrons. The second kappa shape index (κ2) is 5.42. The number of carbonyl (C=O) groups is 1. The molecule has 3 nitrogen and oxygen atoms in total. The first-order chi connectivity index (χ1) is 9.83. The summed E-state index contributed by atoms with van der Waals surface area (Å²) in [6, 6.07) is 7.40. The van der Waals surface area contributed by atoms with Crippen LogP contribution in [0.4, 0.5) is 13.2 Å². The minimum Gasteiger partial charge on any atom is -0.476 e. The van der Waals surface area contributed by atoms with Crippen molar-refractivity contribution in [1.29, 1.82) is 0 Å². The Morgan fingerprint density at radius 1 is 1.38 bits per heavy atom. The van der Waals surface area contributed by atoms with Crippen molar-refractivity contribution in [2.75, 3.05) is 6.61 Å². The van der Waals surface area contributed by atoms with Crippen molar-refractivity contribution in [3.8, 4) is 0 Å². The number of carbonyl (C=O) groups excluding carboxylic acids is 1. The van der Waals surface area contributed by atoms with Crippen LogP contribution >= 0.6 is 0 Å². The quantitative estimate of drug-likeness (QED) is 0.632. The molecule has 6 heteroatoms. The van der Waals surface area contributed by atoms with Gasteiger partial charge >= 0.3 is 12.1 Å². The van der Waals surface area contributed by atoms with E-state index >= 15 is 0 Å². The molecule has 0 amide bonds. The number of hydrogen-bond donors (Lipinski definition) is 0. The van der Waals surface area contributed by atoms with Gasteiger partial charge in [0.15, 0.2) is 0 Å². The Kier molecular flexibility index (Phi) is 3.98. The van der Waals surface area contributed by atoms with Gasteiger partial charge in [-0.2, -0.15) is 13.2 Å². The van der Waals surface area contributed by atoms with Crippen LogP contribution in [0.5, 0.6) is 0 Å². The average molecular weight is 300 g/mol. The van der Waals surface area contributed by atoms with E-state index in [1.807, 2.05) is 0 Å². The largest absolute Gasteiger partial charge is 0.476 e. The third kappa shape index (κ3) is 2.50. The smallest absolute Gasteiger partial charge is 0.433 e. The van der Waals surface area contributed by atoms with Crippen LogP contribution in [0.2, 0.25) is 0 Å². The van der Waals surface area contributed by atoms with Crippen molar-refractivity contribution in [3.63, 3.8) is 0 Å². The van der Waals surface area contributed by atoms with E-state index in [2.05, 4.69) is 4.74 Å². The average Bonchev–Trinajstić information content (AvgIpc) is 2.42. The monoisotopic (exact) mass is 300 g/mol. The van der Waals surface area contributed by atoms with Gasteiger partial charge in [0.05, 0.1) is 18.6 Å². The first kappa shape index (κ1) is 15.4. The number of halogens is 3. The number of hydrogen-bond acceptors (Lipinski definition) is 3. The van der Waals surface area contributed by atoms with Crippen molar-refractivity contribution in [2.24, 2.45) is 5.92 Å². The van der Waals surface area contributed by atoms with Gasteiger partial charge in [-0.25, -0.2) is 4.79 Å². The Bertz CT molecular complexity index is 551. The molecule has 1 fully saturated rings. The Morgan fingerprint density at radius 3 is 2.48 bits per heavy atom. The molecule has 0 aliphatic carbocycles. The summed E-state index contributed by atoms with van der Waals surface area (Å²) in [5, 5.41) is 0. The lowest BCUT2D eigenvalue weighted by molar-refractivity contribution is -0.332. The summed E-state index contributed by atoms with van der Waals surface area (Å²) in [5.74, 6) is -1.72. The second-order valence-electron chi connectivity index (χ2n) is 4.72. The van der Waals surface area contributed by atoms with Gasteiger partial charge in [0.25, 0.3) is 0 Å². The molecule has 0 aromatic heterocycles. The summed E-state index contributed by atoms with van der Waals surface area (Å²) < 4.78 is 50.2. The molecule has 0 N–H and O–H groups in total. The van der Waals surface area contributed by atoms with Crippen LogP contribution in [0.15, 0.2) is 42.2 Å². The maximum atomic E-state index is 13.5. The zero-order valence-corrected chi connectivity index (χ0v) is 11.6. The predicted molar refractivity (Wildman–Crippen MR) is 69.1 cm³/mol. The maximum Gasteiger partial charge on any atom is 0.433 e. The molecule has 2 rings (SSSR count). The summed E-state index contributed by atoms with van der Waals surface area (Å²) in [4.78, 5) is 11.3. The number of ether oxygens (including phenoxy) is 2. The highest BCUT2D eigenvalue weighted by atomic mass is 19.4. The van der Waals surface area contributed by atoms with E-state index in [9.17, 15) is 18.0 Å². The fourth-order valence-electron chi connectivity index (χ4n) is 2.42. The summed E-state index contributed by atoms with van der Waals surface area (Å²) in [6.07, 6.45) is -3.61. The van der Waals surface area contributed by atoms with E-state index in [0.717, 1.165) is 6.08 Å². The predicted octanol–water partition coefficient (Wildman–Crippen LogP) is 3.56. The Hall–Kier alpha value is -1.98. The molecule has 1 saturated heterocycles. The van der Waals surface area contributed by atoms with Crippen LogP contribution in [0, 0.1) is 5.92 Å². The molecular weight excluding hydrogens is 285 g/mol. The van der Waals surface area contributed by atoms with Gasteiger partial charge in [0, 0.05) is 5.56 Å². The standard InChI is InChI=1S/C15H15F3O3/c1-3-20-13(19)9-12-10(2)14(21-12,15(16,17)18)11-7-5-4-6-8-11/h4-10H,3H2,1-2H3/t10-,14-/m1/s1. The highest BCUT2D eigenvalue weighted by Crippen LogP contribution is 2.58. The van der Waals surface area contributed by atoms with E-state index in [0.29, 0.717) is 0 Å². The van der Waals surface area contributed by atoms with Crippen LogP contribution < -0.4 is 0 Å². The lowest BCUT2D eigenvalue weighted by Crippen LogP contribution is -2.58. The number of rotatable bonds is 3. The molecule has 0 bridgehead atoms. The lowest BCUT2D eigenvalue weighted by atomic mass is 9.75. The highest BCUT2D eigenvalue weighted by molar-refractivity contribution is 5.82. The maximum absolute atomic E-state index is 13.5. The Labute approximate surface area is 120 Å². The third-order valence-corrected chi connectivity index (χ3v) is 3.49. The second-order valence-corrected chi connectivity index (χ2v) is 4.72. The SMILES string of the molecule is CCOC(=O)C=C1O[C@](c2ccccc2)(C(F)(F)F)[C@@H]1C. The molecule has 21 heavy (non-hydrogen) atoms. The van der Waals surface area contributed by atoms with Gasteiger partial charge in [-0.3, -0.25) is 0 Å². The van der Waals surface area contributed by atoms with Crippen LogP contribution in [0.3, 0.4) is 0 Å². The van der Waals surface area contributed by atoms with E-state index in [-0.39, 0.29) is 17.9 Å². The van der Waals surface area contributed by atoms with Crippen molar-refractivity contribution in [3.05, 3.63) is 47.7 Å². The number of benzene rings is 1. The van der Waals surface area contributed by atoms with E-state index in [4.69, 9.17) is 4.74 Å². The molecule has 1 aromatic carbocycles. The molecular formula is C15H15F3O3. The number of alkyl halides is 3. The molecule has 0 spiro atoms. The van der Waals surface area contributed by atoms with Gasteiger partial charge in [-0.05, 0) is 6.92 Å². The molecule has 0 saturated carbocycles. The first-order valence-electron chi connectivity index (χ1n) is 6.52. The Morgan fingerprint density at radius 2 is 2.00 bits per heavy atom. The minimum atomic E-state index is -4.58. The van der Waals surface area contributed by atoms with Crippen LogP contribution in [0.25, 0.3) is 0 Å². The molecule has 114 valence electrons. The normalized spacial score (nSPS) is 26.9. The van der Waals surface area contributed by atoms with Crippen molar-refractivity contribution in [1.82, 2.24) is 0 Å². The topological polar surface area (TPSA) is 35.5 Å². The van der Waals surface area contributed by atoms with Gasteiger partial charge in [0.1, 0.15) is 5.76 Å². The van der Waals surface area contributed by atoms with Gasteiger partial charge in [0.2, 0.25) is 5.60 Å². The highest BCUT2D eigenvalue weighted by Gasteiger charge is 2.69. The summed E-state index contributed by atoms with van der Waals surface area (Å²) in [7, 11) is 0. The summed E-state index contributed by atoms with van der Waals surface area (Å²) in [6.45, 7) is 3.15. The summed E-state index contributed by atoms with van der Waals surface area (Å²) in [5.41, 5.74) is -2.39. The number of esters is 1. The zero-order chi connectivity index (χ0) is 15.7.